The van der Waals surface area contributed by atoms with Gasteiger partial charge in [-0.1, -0.05) is 18.2 Å². The summed E-state index contributed by atoms with van der Waals surface area (Å²) in [5.41, 5.74) is 1.89. The molecule has 0 aliphatic carbocycles. The lowest BCUT2D eigenvalue weighted by Crippen LogP contribution is -2.37. The maximum Gasteiger partial charge on any atom is 0.315 e. The van der Waals surface area contributed by atoms with Crippen LogP contribution in [0.5, 0.6) is 0 Å². The van der Waals surface area contributed by atoms with Crippen LogP contribution >= 0.6 is 0 Å². The van der Waals surface area contributed by atoms with Crippen molar-refractivity contribution in [1.82, 2.24) is 25.4 Å². The number of carbonyl (C=O) groups excluding carboxylic acids is 1. The number of hydrogen-bond acceptors (Lipinski definition) is 4. The number of aryl methyl sites for hydroxylation is 2. The topological polar surface area (TPSA) is 85.0 Å². The number of benzene rings is 1. The Balaban J connectivity index is 1.40. The molecular weight excluding hydrogens is 318 g/mol. The lowest BCUT2D eigenvalue weighted by atomic mass is 10.1. The van der Waals surface area contributed by atoms with Crippen LogP contribution in [0, 0.1) is 6.92 Å². The Kier molecular flexibility index (Phi) is 3.91. The van der Waals surface area contributed by atoms with E-state index in [1.54, 1.807) is 0 Å². The summed E-state index contributed by atoms with van der Waals surface area (Å²) in [6, 6.07) is 7.41. The van der Waals surface area contributed by atoms with E-state index in [2.05, 4.69) is 25.4 Å². The van der Waals surface area contributed by atoms with Gasteiger partial charge in [0, 0.05) is 23.9 Å². The number of furan rings is 1. The molecular formula is C18H21N5O2. The SMILES string of the molecule is Cc1c(C(C)NC(=O)NCc2nnc3n2CCC3)oc2ccccc12. The number of rotatable bonds is 4. The van der Waals surface area contributed by atoms with Gasteiger partial charge in [-0.3, -0.25) is 0 Å². The first-order valence-electron chi connectivity index (χ1n) is 8.57. The summed E-state index contributed by atoms with van der Waals surface area (Å²) >= 11 is 0. The maximum absolute atomic E-state index is 12.2. The zero-order valence-corrected chi connectivity index (χ0v) is 14.4. The van der Waals surface area contributed by atoms with Crippen LogP contribution in [0.3, 0.4) is 0 Å². The highest BCUT2D eigenvalue weighted by atomic mass is 16.3. The summed E-state index contributed by atoms with van der Waals surface area (Å²) in [6.45, 7) is 5.22. The van der Waals surface area contributed by atoms with Gasteiger partial charge in [0.1, 0.15) is 17.2 Å². The summed E-state index contributed by atoms with van der Waals surface area (Å²) in [6.07, 6.45) is 2.05. The minimum Gasteiger partial charge on any atom is -0.459 e. The van der Waals surface area contributed by atoms with E-state index in [-0.39, 0.29) is 12.1 Å². The van der Waals surface area contributed by atoms with Gasteiger partial charge in [-0.05, 0) is 26.3 Å². The average Bonchev–Trinajstić information content (AvgIpc) is 3.28. The Labute approximate surface area is 145 Å². The lowest BCUT2D eigenvalue weighted by Gasteiger charge is -2.13. The fourth-order valence-corrected chi connectivity index (χ4v) is 3.42. The van der Waals surface area contributed by atoms with Crippen LogP contribution in [-0.4, -0.2) is 20.8 Å². The van der Waals surface area contributed by atoms with Gasteiger partial charge < -0.3 is 19.6 Å². The Morgan fingerprint density at radius 1 is 1.36 bits per heavy atom. The van der Waals surface area contributed by atoms with E-state index in [0.717, 1.165) is 53.3 Å². The fourth-order valence-electron chi connectivity index (χ4n) is 3.42. The van der Waals surface area contributed by atoms with Crippen molar-refractivity contribution in [2.75, 3.05) is 0 Å². The van der Waals surface area contributed by atoms with Crippen LogP contribution < -0.4 is 10.6 Å². The second-order valence-corrected chi connectivity index (χ2v) is 6.42. The third kappa shape index (κ3) is 2.86. The zero-order chi connectivity index (χ0) is 17.4. The quantitative estimate of drug-likeness (QED) is 0.765. The molecule has 7 heteroatoms. The van der Waals surface area contributed by atoms with Crippen LogP contribution in [-0.2, 0) is 19.5 Å². The molecule has 0 radical (unpaired) electrons. The number of aromatic nitrogens is 3. The van der Waals surface area contributed by atoms with Crippen LogP contribution in [0.25, 0.3) is 11.0 Å². The highest BCUT2D eigenvalue weighted by Crippen LogP contribution is 2.29. The second-order valence-electron chi connectivity index (χ2n) is 6.42. The first kappa shape index (κ1) is 15.7. The lowest BCUT2D eigenvalue weighted by molar-refractivity contribution is 0.235. The molecule has 1 aliphatic heterocycles. The van der Waals surface area contributed by atoms with E-state index in [4.69, 9.17) is 4.42 Å². The van der Waals surface area contributed by atoms with Crippen molar-refractivity contribution < 1.29 is 9.21 Å². The molecule has 2 aromatic heterocycles. The molecule has 1 atom stereocenters. The van der Waals surface area contributed by atoms with Crippen molar-refractivity contribution in [2.24, 2.45) is 0 Å². The normalized spacial score (nSPS) is 14.5. The molecule has 25 heavy (non-hydrogen) atoms. The van der Waals surface area contributed by atoms with E-state index in [1.165, 1.54) is 0 Å². The van der Waals surface area contributed by atoms with Crippen molar-refractivity contribution in [1.29, 1.82) is 0 Å². The van der Waals surface area contributed by atoms with E-state index in [1.807, 2.05) is 38.1 Å². The molecule has 0 bridgehead atoms. The van der Waals surface area contributed by atoms with Gasteiger partial charge >= 0.3 is 6.03 Å². The van der Waals surface area contributed by atoms with Crippen molar-refractivity contribution in [3.05, 3.63) is 47.2 Å². The molecule has 7 nitrogen and oxygen atoms in total. The summed E-state index contributed by atoms with van der Waals surface area (Å²) in [5, 5.41) is 15.1. The third-order valence-electron chi connectivity index (χ3n) is 4.71. The Morgan fingerprint density at radius 3 is 3.04 bits per heavy atom. The largest absolute Gasteiger partial charge is 0.459 e. The van der Waals surface area contributed by atoms with Crippen LogP contribution in [0.15, 0.2) is 28.7 Å². The number of hydrogen-bond donors (Lipinski definition) is 2. The van der Waals surface area contributed by atoms with Gasteiger partial charge in [0.05, 0.1) is 12.6 Å². The van der Waals surface area contributed by atoms with Crippen molar-refractivity contribution in [3.8, 4) is 0 Å². The highest BCUT2D eigenvalue weighted by molar-refractivity contribution is 5.82. The predicted octanol–water partition coefficient (Wildman–Crippen LogP) is 2.84. The number of amides is 2. The first-order valence-corrected chi connectivity index (χ1v) is 8.57. The Morgan fingerprint density at radius 2 is 2.20 bits per heavy atom. The van der Waals surface area contributed by atoms with E-state index in [0.29, 0.717) is 6.54 Å². The number of nitrogens with one attached hydrogen (secondary N) is 2. The van der Waals surface area contributed by atoms with Gasteiger partial charge in [0.15, 0.2) is 5.82 Å². The summed E-state index contributed by atoms with van der Waals surface area (Å²) in [4.78, 5) is 12.2. The molecule has 0 saturated carbocycles. The molecule has 2 N–H and O–H groups in total. The number of fused-ring (bicyclic) bond motifs is 2. The summed E-state index contributed by atoms with van der Waals surface area (Å²) in [5.74, 6) is 2.58. The maximum atomic E-state index is 12.2. The molecule has 4 rings (SSSR count). The van der Waals surface area contributed by atoms with E-state index in [9.17, 15) is 4.79 Å². The number of nitrogens with zero attached hydrogens (tertiary/aromatic N) is 3. The molecule has 1 aromatic carbocycles. The van der Waals surface area contributed by atoms with Crippen molar-refractivity contribution >= 4 is 17.0 Å². The average molecular weight is 339 g/mol. The molecule has 130 valence electrons. The van der Waals surface area contributed by atoms with Gasteiger partial charge in [-0.2, -0.15) is 0 Å². The van der Waals surface area contributed by atoms with Crippen LogP contribution in [0.1, 0.15) is 42.4 Å². The van der Waals surface area contributed by atoms with Crippen molar-refractivity contribution in [3.63, 3.8) is 0 Å². The molecule has 1 unspecified atom stereocenters. The molecule has 3 heterocycles. The minimum atomic E-state index is -0.247. The van der Waals surface area contributed by atoms with Crippen LogP contribution in [0.4, 0.5) is 4.79 Å². The molecule has 1 aliphatic rings. The number of urea groups is 1. The molecule has 0 spiro atoms. The standard InChI is InChI=1S/C18H21N5O2/c1-11-13-6-3-4-7-14(13)25-17(11)12(2)20-18(24)19-10-16-22-21-15-8-5-9-23(15)16/h3-4,6-7,12H,5,8-10H2,1-2H3,(H2,19,20,24). The third-order valence-corrected chi connectivity index (χ3v) is 4.71. The van der Waals surface area contributed by atoms with Gasteiger partial charge in [-0.25, -0.2) is 4.79 Å². The molecule has 0 saturated heterocycles. The first-order chi connectivity index (χ1) is 12.1. The molecule has 3 aromatic rings. The Hall–Kier alpha value is -2.83. The summed E-state index contributed by atoms with van der Waals surface area (Å²) in [7, 11) is 0. The molecule has 0 fully saturated rings. The second kappa shape index (κ2) is 6.23. The van der Waals surface area contributed by atoms with E-state index < -0.39 is 0 Å². The number of carbonyl (C=O) groups is 1. The predicted molar refractivity (Wildman–Crippen MR) is 93.1 cm³/mol. The minimum absolute atomic E-state index is 0.225. The van der Waals surface area contributed by atoms with E-state index >= 15 is 0 Å². The van der Waals surface area contributed by atoms with Crippen LogP contribution in [0.2, 0.25) is 0 Å². The monoisotopic (exact) mass is 339 g/mol. The highest BCUT2D eigenvalue weighted by Gasteiger charge is 2.20. The zero-order valence-electron chi connectivity index (χ0n) is 14.4. The Bertz CT molecular complexity index is 927. The van der Waals surface area contributed by atoms with Gasteiger partial charge in [-0.15, -0.1) is 10.2 Å². The van der Waals surface area contributed by atoms with Crippen molar-refractivity contribution in [2.45, 2.75) is 45.8 Å². The number of para-hydroxylation sites is 1. The summed E-state index contributed by atoms with van der Waals surface area (Å²) < 4.78 is 7.98. The van der Waals surface area contributed by atoms with Gasteiger partial charge in [0.2, 0.25) is 0 Å². The van der Waals surface area contributed by atoms with Gasteiger partial charge in [0.25, 0.3) is 0 Å². The molecule has 2 amide bonds. The smallest absolute Gasteiger partial charge is 0.315 e. The fraction of sp³-hybridized carbons (Fsp3) is 0.389.